The highest BCUT2D eigenvalue weighted by atomic mass is 32.2. The number of benzene rings is 1. The van der Waals surface area contributed by atoms with Crippen molar-refractivity contribution in [3.63, 3.8) is 0 Å². The zero-order chi connectivity index (χ0) is 13.4. The summed E-state index contributed by atoms with van der Waals surface area (Å²) in [6.07, 6.45) is 1.78. The SMILES string of the molecule is CCCC(Sc1cccc(OC)c1)C(=O)OCC. The van der Waals surface area contributed by atoms with Crippen molar-refractivity contribution in [3.8, 4) is 5.75 Å². The highest BCUT2D eigenvalue weighted by Gasteiger charge is 2.20. The van der Waals surface area contributed by atoms with E-state index in [1.54, 1.807) is 7.11 Å². The third kappa shape index (κ3) is 4.61. The summed E-state index contributed by atoms with van der Waals surface area (Å²) in [7, 11) is 1.64. The molecule has 0 bridgehead atoms. The Hall–Kier alpha value is -1.16. The number of rotatable bonds is 7. The topological polar surface area (TPSA) is 35.5 Å². The molecule has 0 saturated heterocycles. The second-order valence-electron chi connectivity index (χ2n) is 3.83. The van der Waals surface area contributed by atoms with Crippen LogP contribution in [0.1, 0.15) is 26.7 Å². The maximum Gasteiger partial charge on any atom is 0.319 e. The van der Waals surface area contributed by atoms with E-state index >= 15 is 0 Å². The van der Waals surface area contributed by atoms with Crippen molar-refractivity contribution in [3.05, 3.63) is 24.3 Å². The van der Waals surface area contributed by atoms with Gasteiger partial charge >= 0.3 is 5.97 Å². The molecule has 0 amide bonds. The second-order valence-corrected chi connectivity index (χ2v) is 5.10. The predicted molar refractivity (Wildman–Crippen MR) is 74.2 cm³/mol. The molecule has 1 atom stereocenters. The average molecular weight is 268 g/mol. The van der Waals surface area contributed by atoms with Crippen LogP contribution in [-0.2, 0) is 9.53 Å². The third-order valence-corrected chi connectivity index (χ3v) is 3.66. The molecule has 1 aromatic rings. The predicted octanol–water partition coefficient (Wildman–Crippen LogP) is 3.52. The first-order chi connectivity index (χ1) is 8.71. The number of thioether (sulfide) groups is 1. The van der Waals surface area contributed by atoms with Crippen LogP contribution >= 0.6 is 11.8 Å². The smallest absolute Gasteiger partial charge is 0.319 e. The maximum absolute atomic E-state index is 11.8. The number of methoxy groups -OCH3 is 1. The Morgan fingerprint density at radius 1 is 1.39 bits per heavy atom. The van der Waals surface area contributed by atoms with E-state index in [9.17, 15) is 4.79 Å². The summed E-state index contributed by atoms with van der Waals surface area (Å²) >= 11 is 1.54. The van der Waals surface area contributed by atoms with Gasteiger partial charge < -0.3 is 9.47 Å². The van der Waals surface area contributed by atoms with Crippen LogP contribution in [0.3, 0.4) is 0 Å². The Balaban J connectivity index is 2.72. The van der Waals surface area contributed by atoms with Gasteiger partial charge in [-0.3, -0.25) is 4.79 Å². The van der Waals surface area contributed by atoms with Gasteiger partial charge in [0.05, 0.1) is 13.7 Å². The van der Waals surface area contributed by atoms with E-state index in [2.05, 4.69) is 6.92 Å². The molecule has 1 aromatic carbocycles. The average Bonchev–Trinajstić information content (AvgIpc) is 2.39. The molecular formula is C14H20O3S. The molecule has 0 saturated carbocycles. The van der Waals surface area contributed by atoms with E-state index in [1.807, 2.05) is 31.2 Å². The molecule has 0 radical (unpaired) electrons. The summed E-state index contributed by atoms with van der Waals surface area (Å²) in [6.45, 7) is 4.33. The first-order valence-corrected chi connectivity index (χ1v) is 7.06. The van der Waals surface area contributed by atoms with Crippen molar-refractivity contribution in [2.45, 2.75) is 36.8 Å². The van der Waals surface area contributed by atoms with Crippen LogP contribution < -0.4 is 4.74 Å². The summed E-state index contributed by atoms with van der Waals surface area (Å²) in [4.78, 5) is 12.8. The molecule has 0 aliphatic carbocycles. The van der Waals surface area contributed by atoms with E-state index in [0.29, 0.717) is 6.61 Å². The van der Waals surface area contributed by atoms with Crippen LogP contribution in [-0.4, -0.2) is 24.9 Å². The van der Waals surface area contributed by atoms with Gasteiger partial charge in [-0.15, -0.1) is 11.8 Å². The lowest BCUT2D eigenvalue weighted by atomic mass is 10.2. The lowest BCUT2D eigenvalue weighted by Gasteiger charge is -2.14. The molecule has 4 heteroatoms. The monoisotopic (exact) mass is 268 g/mol. The van der Waals surface area contributed by atoms with Crippen LogP contribution in [0.5, 0.6) is 5.75 Å². The van der Waals surface area contributed by atoms with Gasteiger partial charge in [-0.1, -0.05) is 19.4 Å². The molecule has 0 aliphatic rings. The molecule has 1 rings (SSSR count). The zero-order valence-corrected chi connectivity index (χ0v) is 12.0. The van der Waals surface area contributed by atoms with E-state index in [-0.39, 0.29) is 11.2 Å². The van der Waals surface area contributed by atoms with Crippen LogP contribution in [0.2, 0.25) is 0 Å². The van der Waals surface area contributed by atoms with Crippen molar-refractivity contribution in [1.82, 2.24) is 0 Å². The Bertz CT molecular complexity index is 379. The minimum Gasteiger partial charge on any atom is -0.497 e. The Morgan fingerprint density at radius 3 is 2.78 bits per heavy atom. The molecule has 18 heavy (non-hydrogen) atoms. The van der Waals surface area contributed by atoms with E-state index in [4.69, 9.17) is 9.47 Å². The van der Waals surface area contributed by atoms with E-state index < -0.39 is 0 Å². The molecule has 0 heterocycles. The molecule has 0 fully saturated rings. The van der Waals surface area contributed by atoms with Crippen molar-refractivity contribution in [1.29, 1.82) is 0 Å². The molecule has 0 aliphatic heterocycles. The molecule has 0 spiro atoms. The zero-order valence-electron chi connectivity index (χ0n) is 11.1. The van der Waals surface area contributed by atoms with E-state index in [1.165, 1.54) is 11.8 Å². The van der Waals surface area contributed by atoms with Crippen molar-refractivity contribution in [2.24, 2.45) is 0 Å². The van der Waals surface area contributed by atoms with Crippen LogP contribution in [0, 0.1) is 0 Å². The van der Waals surface area contributed by atoms with Gasteiger partial charge in [0.15, 0.2) is 0 Å². The lowest BCUT2D eigenvalue weighted by Crippen LogP contribution is -2.20. The van der Waals surface area contributed by atoms with Gasteiger partial charge in [0.2, 0.25) is 0 Å². The standard InChI is InChI=1S/C14H20O3S/c1-4-7-13(14(15)17-5-2)18-12-9-6-8-11(10-12)16-3/h6,8-10,13H,4-5,7H2,1-3H3. The summed E-state index contributed by atoms with van der Waals surface area (Å²) in [5, 5.41) is -0.137. The third-order valence-electron chi connectivity index (χ3n) is 2.42. The fourth-order valence-electron chi connectivity index (χ4n) is 1.56. The van der Waals surface area contributed by atoms with Gasteiger partial charge in [0.1, 0.15) is 11.0 Å². The number of carbonyl (C=O) groups is 1. The van der Waals surface area contributed by atoms with Crippen LogP contribution in [0.25, 0.3) is 0 Å². The molecule has 0 N–H and O–H groups in total. The molecule has 1 unspecified atom stereocenters. The van der Waals surface area contributed by atoms with Gasteiger partial charge in [-0.2, -0.15) is 0 Å². The number of hydrogen-bond donors (Lipinski definition) is 0. The maximum atomic E-state index is 11.8. The molecule has 0 aromatic heterocycles. The minimum atomic E-state index is -0.137. The Morgan fingerprint density at radius 2 is 2.17 bits per heavy atom. The number of carbonyl (C=O) groups excluding carboxylic acids is 1. The fourth-order valence-corrected chi connectivity index (χ4v) is 2.75. The van der Waals surface area contributed by atoms with Gasteiger partial charge in [0, 0.05) is 4.90 Å². The Labute approximate surface area is 113 Å². The quantitative estimate of drug-likeness (QED) is 0.560. The van der Waals surface area contributed by atoms with Crippen molar-refractivity contribution in [2.75, 3.05) is 13.7 Å². The second kappa shape index (κ2) is 8.03. The Kier molecular flexibility index (Phi) is 6.65. The minimum absolute atomic E-state index is 0.132. The fraction of sp³-hybridized carbons (Fsp3) is 0.500. The summed E-state index contributed by atoms with van der Waals surface area (Å²) in [5.41, 5.74) is 0. The number of esters is 1. The first-order valence-electron chi connectivity index (χ1n) is 6.18. The molecule has 3 nitrogen and oxygen atoms in total. The summed E-state index contributed by atoms with van der Waals surface area (Å²) < 4.78 is 10.3. The van der Waals surface area contributed by atoms with Gasteiger partial charge in [0.25, 0.3) is 0 Å². The largest absolute Gasteiger partial charge is 0.497 e. The normalized spacial score (nSPS) is 11.9. The summed E-state index contributed by atoms with van der Waals surface area (Å²) in [6, 6.07) is 7.74. The van der Waals surface area contributed by atoms with E-state index in [0.717, 1.165) is 23.5 Å². The summed E-state index contributed by atoms with van der Waals surface area (Å²) in [5.74, 6) is 0.672. The number of ether oxygens (including phenoxy) is 2. The van der Waals surface area contributed by atoms with Crippen LogP contribution in [0.4, 0.5) is 0 Å². The first kappa shape index (κ1) is 14.9. The van der Waals surface area contributed by atoms with Gasteiger partial charge in [-0.05, 0) is 31.5 Å². The molecular weight excluding hydrogens is 248 g/mol. The molecule has 100 valence electrons. The lowest BCUT2D eigenvalue weighted by molar-refractivity contribution is -0.142. The van der Waals surface area contributed by atoms with Crippen LogP contribution in [0.15, 0.2) is 29.2 Å². The van der Waals surface area contributed by atoms with Crippen molar-refractivity contribution >= 4 is 17.7 Å². The number of hydrogen-bond acceptors (Lipinski definition) is 4. The highest BCUT2D eigenvalue weighted by Crippen LogP contribution is 2.29. The van der Waals surface area contributed by atoms with Gasteiger partial charge in [-0.25, -0.2) is 0 Å². The van der Waals surface area contributed by atoms with Crippen molar-refractivity contribution < 1.29 is 14.3 Å². The highest BCUT2D eigenvalue weighted by molar-refractivity contribution is 8.00.